The molecule has 0 spiro atoms. The minimum Gasteiger partial charge on any atom is -0.497 e. The number of carbonyl (C=O) groups excluding carboxylic acids is 1. The lowest BCUT2D eigenvalue weighted by Gasteiger charge is -2.32. The molecule has 1 aromatic carbocycles. The van der Waals surface area contributed by atoms with Gasteiger partial charge in [-0.3, -0.25) is 4.79 Å². The summed E-state index contributed by atoms with van der Waals surface area (Å²) in [6.07, 6.45) is 5.07. The number of rotatable bonds is 4. The number of ether oxygens (including phenoxy) is 1. The van der Waals surface area contributed by atoms with Crippen LogP contribution in [-0.2, 0) is 4.79 Å². The number of nitriles is 1. The Morgan fingerprint density at radius 1 is 1.41 bits per heavy atom. The van der Waals surface area contributed by atoms with Crippen molar-refractivity contribution in [3.63, 3.8) is 0 Å². The number of hydrogen-bond donors (Lipinski definition) is 1. The summed E-state index contributed by atoms with van der Waals surface area (Å²) in [7, 11) is 1.59. The predicted molar refractivity (Wildman–Crippen MR) is 85.3 cm³/mol. The number of piperidine rings is 1. The van der Waals surface area contributed by atoms with Gasteiger partial charge in [-0.25, -0.2) is 0 Å². The second-order valence-corrected chi connectivity index (χ2v) is 5.42. The molecule has 0 bridgehead atoms. The average Bonchev–Trinajstić information content (AvgIpc) is 2.54. The fraction of sp³-hybridized carbons (Fsp3) is 0.412. The zero-order chi connectivity index (χ0) is 15.9. The smallest absolute Gasteiger partial charge is 0.267 e. The third kappa shape index (κ3) is 4.01. The third-order valence-corrected chi connectivity index (χ3v) is 3.86. The van der Waals surface area contributed by atoms with Gasteiger partial charge in [0.05, 0.1) is 7.11 Å². The van der Waals surface area contributed by atoms with Gasteiger partial charge in [0, 0.05) is 24.5 Å². The molecule has 1 unspecified atom stereocenters. The van der Waals surface area contributed by atoms with E-state index in [2.05, 4.69) is 17.1 Å². The number of likely N-dealkylation sites (tertiary alicyclic amines) is 1. The van der Waals surface area contributed by atoms with E-state index in [-0.39, 0.29) is 11.5 Å². The number of hydrogen-bond acceptors (Lipinski definition) is 4. The Kier molecular flexibility index (Phi) is 5.42. The summed E-state index contributed by atoms with van der Waals surface area (Å²) in [6, 6.07) is 9.38. The molecule has 116 valence electrons. The molecule has 0 aliphatic carbocycles. The first-order valence-electron chi connectivity index (χ1n) is 7.47. The molecule has 5 nitrogen and oxygen atoms in total. The van der Waals surface area contributed by atoms with E-state index in [9.17, 15) is 10.1 Å². The SMILES string of the molecule is COc1ccc(NC(=O)/C(C#N)=C\N2CCCCC2C)cc1. The van der Waals surface area contributed by atoms with Gasteiger partial charge in [0.15, 0.2) is 0 Å². The van der Waals surface area contributed by atoms with Crippen LogP contribution in [0.25, 0.3) is 0 Å². The van der Waals surface area contributed by atoms with E-state index in [1.54, 1.807) is 37.6 Å². The number of nitrogens with zero attached hydrogens (tertiary/aromatic N) is 2. The van der Waals surface area contributed by atoms with Gasteiger partial charge in [0.2, 0.25) is 0 Å². The van der Waals surface area contributed by atoms with Crippen molar-refractivity contribution in [1.82, 2.24) is 4.90 Å². The second kappa shape index (κ2) is 7.51. The van der Waals surface area contributed by atoms with E-state index < -0.39 is 0 Å². The van der Waals surface area contributed by atoms with Crippen molar-refractivity contribution in [1.29, 1.82) is 5.26 Å². The highest BCUT2D eigenvalue weighted by molar-refractivity contribution is 6.06. The largest absolute Gasteiger partial charge is 0.497 e. The fourth-order valence-electron chi connectivity index (χ4n) is 2.49. The topological polar surface area (TPSA) is 65.4 Å². The molecule has 1 heterocycles. The summed E-state index contributed by atoms with van der Waals surface area (Å²) >= 11 is 0. The van der Waals surface area contributed by atoms with Crippen LogP contribution in [0.2, 0.25) is 0 Å². The zero-order valence-corrected chi connectivity index (χ0v) is 13.0. The summed E-state index contributed by atoms with van der Waals surface area (Å²) in [5, 5.41) is 12.0. The lowest BCUT2D eigenvalue weighted by molar-refractivity contribution is -0.112. The molecular weight excluding hydrogens is 278 g/mol. The molecule has 1 saturated heterocycles. The maximum atomic E-state index is 12.2. The van der Waals surface area contributed by atoms with Crippen molar-refractivity contribution < 1.29 is 9.53 Å². The number of benzene rings is 1. The standard InChI is InChI=1S/C17H21N3O2/c1-13-5-3-4-10-20(13)12-14(11-18)17(21)19-15-6-8-16(22-2)9-7-15/h6-9,12-13H,3-5,10H2,1-2H3,(H,19,21)/b14-12-. The molecule has 1 aliphatic heterocycles. The third-order valence-electron chi connectivity index (χ3n) is 3.86. The second-order valence-electron chi connectivity index (χ2n) is 5.42. The van der Waals surface area contributed by atoms with E-state index in [1.807, 2.05) is 6.07 Å². The first-order chi connectivity index (χ1) is 10.6. The Morgan fingerprint density at radius 2 is 2.14 bits per heavy atom. The number of nitrogens with one attached hydrogen (secondary N) is 1. The van der Waals surface area contributed by atoms with Crippen molar-refractivity contribution in [2.45, 2.75) is 32.2 Å². The van der Waals surface area contributed by atoms with Crippen LogP contribution in [0.1, 0.15) is 26.2 Å². The van der Waals surface area contributed by atoms with Gasteiger partial charge in [-0.05, 0) is 50.5 Å². The van der Waals surface area contributed by atoms with Crippen LogP contribution in [0.5, 0.6) is 5.75 Å². The van der Waals surface area contributed by atoms with Crippen LogP contribution in [0.15, 0.2) is 36.0 Å². The van der Waals surface area contributed by atoms with Crippen molar-refractivity contribution >= 4 is 11.6 Å². The highest BCUT2D eigenvalue weighted by Crippen LogP contribution is 2.19. The molecule has 22 heavy (non-hydrogen) atoms. The van der Waals surface area contributed by atoms with Gasteiger partial charge in [-0.15, -0.1) is 0 Å². The van der Waals surface area contributed by atoms with Gasteiger partial charge in [0.25, 0.3) is 5.91 Å². The van der Waals surface area contributed by atoms with E-state index >= 15 is 0 Å². The molecule has 0 aromatic heterocycles. The minimum atomic E-state index is -0.384. The van der Waals surface area contributed by atoms with Gasteiger partial charge in [0.1, 0.15) is 17.4 Å². The molecular formula is C17H21N3O2. The quantitative estimate of drug-likeness (QED) is 0.686. The Morgan fingerprint density at radius 3 is 2.73 bits per heavy atom. The fourth-order valence-corrected chi connectivity index (χ4v) is 2.49. The molecule has 1 N–H and O–H groups in total. The predicted octanol–water partition coefficient (Wildman–Crippen LogP) is 2.92. The van der Waals surface area contributed by atoms with Gasteiger partial charge in [-0.1, -0.05) is 0 Å². The molecule has 1 aliphatic rings. The number of amides is 1. The Balaban J connectivity index is 2.06. The van der Waals surface area contributed by atoms with Crippen molar-refractivity contribution in [3.05, 3.63) is 36.0 Å². The van der Waals surface area contributed by atoms with Crippen molar-refractivity contribution in [3.8, 4) is 11.8 Å². The van der Waals surface area contributed by atoms with Crippen molar-refractivity contribution in [2.24, 2.45) is 0 Å². The van der Waals surface area contributed by atoms with Gasteiger partial charge in [-0.2, -0.15) is 5.26 Å². The average molecular weight is 299 g/mol. The maximum Gasteiger partial charge on any atom is 0.267 e. The van der Waals surface area contributed by atoms with Crippen LogP contribution in [0.3, 0.4) is 0 Å². The summed E-state index contributed by atoms with van der Waals surface area (Å²) in [5.41, 5.74) is 0.767. The van der Waals surface area contributed by atoms with E-state index in [0.717, 1.165) is 25.1 Å². The Hall–Kier alpha value is -2.48. The highest BCUT2D eigenvalue weighted by atomic mass is 16.5. The van der Waals surface area contributed by atoms with Crippen LogP contribution < -0.4 is 10.1 Å². The lowest BCUT2D eigenvalue weighted by atomic mass is 10.0. The summed E-state index contributed by atoms with van der Waals surface area (Å²) in [6.45, 7) is 3.01. The van der Waals surface area contributed by atoms with Crippen LogP contribution in [0.4, 0.5) is 5.69 Å². The molecule has 0 saturated carbocycles. The number of carbonyl (C=O) groups is 1. The van der Waals surface area contributed by atoms with E-state index in [0.29, 0.717) is 11.7 Å². The Bertz CT molecular complexity index is 587. The van der Waals surface area contributed by atoms with Crippen LogP contribution in [0, 0.1) is 11.3 Å². The monoisotopic (exact) mass is 299 g/mol. The summed E-state index contributed by atoms with van der Waals surface area (Å²) in [4.78, 5) is 14.3. The first-order valence-corrected chi connectivity index (χ1v) is 7.47. The molecule has 1 atom stereocenters. The van der Waals surface area contributed by atoms with Gasteiger partial charge >= 0.3 is 0 Å². The number of anilines is 1. The van der Waals surface area contributed by atoms with Crippen LogP contribution in [-0.4, -0.2) is 30.5 Å². The molecule has 5 heteroatoms. The lowest BCUT2D eigenvalue weighted by Crippen LogP contribution is -2.34. The molecule has 2 rings (SSSR count). The molecule has 0 radical (unpaired) electrons. The maximum absolute atomic E-state index is 12.2. The van der Waals surface area contributed by atoms with Crippen molar-refractivity contribution in [2.75, 3.05) is 19.0 Å². The van der Waals surface area contributed by atoms with E-state index in [1.165, 1.54) is 6.42 Å². The molecule has 1 fully saturated rings. The van der Waals surface area contributed by atoms with Crippen LogP contribution >= 0.6 is 0 Å². The highest BCUT2D eigenvalue weighted by Gasteiger charge is 2.18. The minimum absolute atomic E-state index is 0.129. The normalized spacial score (nSPS) is 18.5. The zero-order valence-electron chi connectivity index (χ0n) is 13.0. The molecule has 1 aromatic rings. The van der Waals surface area contributed by atoms with Gasteiger partial charge < -0.3 is 15.0 Å². The summed E-state index contributed by atoms with van der Waals surface area (Å²) in [5.74, 6) is 0.335. The summed E-state index contributed by atoms with van der Waals surface area (Å²) < 4.78 is 5.07. The molecule has 1 amide bonds. The first kappa shape index (κ1) is 15.9. The van der Waals surface area contributed by atoms with E-state index in [4.69, 9.17) is 4.74 Å². The number of methoxy groups -OCH3 is 1. The Labute approximate surface area is 131 Å².